The molecule has 1 aliphatic rings. The molecule has 0 saturated carbocycles. The van der Waals surface area contributed by atoms with Crippen LogP contribution in [0.2, 0.25) is 0 Å². The number of ether oxygens (including phenoxy) is 1. The Balaban J connectivity index is 1.47. The van der Waals surface area contributed by atoms with Crippen molar-refractivity contribution in [2.75, 3.05) is 22.1 Å². The minimum absolute atomic E-state index is 0.0343. The van der Waals surface area contributed by atoms with Gasteiger partial charge in [0.25, 0.3) is 0 Å². The summed E-state index contributed by atoms with van der Waals surface area (Å²) in [7, 11) is 0. The van der Waals surface area contributed by atoms with E-state index in [1.165, 1.54) is 4.90 Å². The van der Waals surface area contributed by atoms with Crippen LogP contribution in [0.4, 0.5) is 28.1 Å². The zero-order valence-corrected chi connectivity index (χ0v) is 17.9. The molecule has 31 heavy (non-hydrogen) atoms. The molecule has 1 unspecified atom stereocenters. The predicted octanol–water partition coefficient (Wildman–Crippen LogP) is 4.83. The smallest absolute Gasteiger partial charge is 0.417 e. The molecule has 4 rings (SSSR count). The van der Waals surface area contributed by atoms with Crippen molar-refractivity contribution in [1.82, 2.24) is 15.0 Å². The molecule has 160 valence electrons. The highest BCUT2D eigenvalue weighted by Crippen LogP contribution is 2.25. The van der Waals surface area contributed by atoms with Gasteiger partial charge in [0.2, 0.25) is 11.9 Å². The van der Waals surface area contributed by atoms with E-state index in [1.54, 1.807) is 6.92 Å². The third-order valence-electron chi connectivity index (χ3n) is 5.20. The summed E-state index contributed by atoms with van der Waals surface area (Å²) in [6, 6.07) is 18.1. The van der Waals surface area contributed by atoms with Crippen LogP contribution in [-0.4, -0.2) is 33.7 Å². The van der Waals surface area contributed by atoms with Crippen molar-refractivity contribution in [2.24, 2.45) is 0 Å². The molecule has 8 heteroatoms. The molecule has 0 radical (unpaired) electrons. The van der Waals surface area contributed by atoms with Crippen LogP contribution in [0.25, 0.3) is 0 Å². The molecular formula is C23H26N6O2. The van der Waals surface area contributed by atoms with Gasteiger partial charge in [-0.3, -0.25) is 0 Å². The molecule has 0 aliphatic carbocycles. The van der Waals surface area contributed by atoms with Crippen LogP contribution < -0.4 is 15.5 Å². The fourth-order valence-corrected chi connectivity index (χ4v) is 3.47. The quantitative estimate of drug-likeness (QED) is 0.567. The van der Waals surface area contributed by atoms with Crippen LogP contribution in [0.5, 0.6) is 0 Å². The van der Waals surface area contributed by atoms with E-state index in [0.717, 1.165) is 23.4 Å². The maximum atomic E-state index is 12.2. The molecule has 1 aromatic heterocycles. The van der Waals surface area contributed by atoms with E-state index in [1.807, 2.05) is 56.3 Å². The van der Waals surface area contributed by atoms with Crippen molar-refractivity contribution in [2.45, 2.75) is 39.3 Å². The average Bonchev–Trinajstić information content (AvgIpc) is 3.15. The molecule has 1 fully saturated rings. The van der Waals surface area contributed by atoms with Crippen LogP contribution in [-0.2, 0) is 4.74 Å². The number of amides is 1. The molecule has 0 spiro atoms. The summed E-state index contributed by atoms with van der Waals surface area (Å²) in [5.41, 5.74) is 3.14. The molecule has 2 N–H and O–H groups in total. The first-order chi connectivity index (χ1) is 15.0. The SMILES string of the molecule is CC[C@H]1COC(=O)N1c1nc(C)nc(NC(C)c2ccc(Nc3ccccc3)cc2)n1. The fourth-order valence-electron chi connectivity index (χ4n) is 3.47. The number of carbonyl (C=O) groups excluding carboxylic acids is 1. The van der Waals surface area contributed by atoms with Crippen molar-refractivity contribution in [3.63, 3.8) is 0 Å². The average molecular weight is 419 g/mol. The van der Waals surface area contributed by atoms with Crippen LogP contribution in [0.3, 0.4) is 0 Å². The normalized spacial score (nSPS) is 16.7. The third-order valence-corrected chi connectivity index (χ3v) is 5.20. The summed E-state index contributed by atoms with van der Waals surface area (Å²) in [5.74, 6) is 1.28. The number of aromatic nitrogens is 3. The monoisotopic (exact) mass is 418 g/mol. The van der Waals surface area contributed by atoms with Gasteiger partial charge in [-0.2, -0.15) is 15.0 Å². The maximum Gasteiger partial charge on any atom is 0.417 e. The maximum absolute atomic E-state index is 12.2. The van der Waals surface area contributed by atoms with Gasteiger partial charge in [0, 0.05) is 11.4 Å². The summed E-state index contributed by atoms with van der Waals surface area (Å²) in [6.45, 7) is 6.18. The third kappa shape index (κ3) is 4.74. The molecule has 2 heterocycles. The summed E-state index contributed by atoms with van der Waals surface area (Å²) < 4.78 is 5.17. The topological polar surface area (TPSA) is 92.3 Å². The van der Waals surface area contributed by atoms with Crippen molar-refractivity contribution in [3.8, 4) is 0 Å². The minimum atomic E-state index is -0.419. The fraction of sp³-hybridized carbons (Fsp3) is 0.304. The van der Waals surface area contributed by atoms with E-state index in [0.29, 0.717) is 24.3 Å². The molecule has 1 amide bonds. The first kappa shape index (κ1) is 20.6. The zero-order chi connectivity index (χ0) is 21.8. The van der Waals surface area contributed by atoms with Gasteiger partial charge in [-0.15, -0.1) is 0 Å². The molecular weight excluding hydrogens is 392 g/mol. The molecule has 0 bridgehead atoms. The number of benzene rings is 2. The van der Waals surface area contributed by atoms with Gasteiger partial charge >= 0.3 is 6.09 Å². The van der Waals surface area contributed by atoms with Gasteiger partial charge in [0.15, 0.2) is 0 Å². The predicted molar refractivity (Wildman–Crippen MR) is 121 cm³/mol. The Morgan fingerprint density at radius 2 is 1.77 bits per heavy atom. The first-order valence-corrected chi connectivity index (χ1v) is 10.4. The Hall–Kier alpha value is -3.68. The Labute approximate surface area is 181 Å². The number of nitrogens with one attached hydrogen (secondary N) is 2. The number of hydrogen-bond donors (Lipinski definition) is 2. The van der Waals surface area contributed by atoms with Gasteiger partial charge in [-0.1, -0.05) is 37.3 Å². The first-order valence-electron chi connectivity index (χ1n) is 10.4. The lowest BCUT2D eigenvalue weighted by molar-refractivity contribution is 0.178. The Morgan fingerprint density at radius 1 is 1.06 bits per heavy atom. The van der Waals surface area contributed by atoms with Gasteiger partial charge in [0.1, 0.15) is 12.4 Å². The van der Waals surface area contributed by atoms with Gasteiger partial charge in [-0.05, 0) is 50.1 Å². The summed E-state index contributed by atoms with van der Waals surface area (Å²) in [4.78, 5) is 26.9. The molecule has 2 aromatic carbocycles. The van der Waals surface area contributed by atoms with Crippen molar-refractivity contribution < 1.29 is 9.53 Å². The molecule has 2 atom stereocenters. The highest BCUT2D eigenvalue weighted by atomic mass is 16.6. The lowest BCUT2D eigenvalue weighted by Gasteiger charge is -2.20. The lowest BCUT2D eigenvalue weighted by atomic mass is 10.1. The van der Waals surface area contributed by atoms with E-state index in [4.69, 9.17) is 4.74 Å². The van der Waals surface area contributed by atoms with E-state index in [-0.39, 0.29) is 12.1 Å². The van der Waals surface area contributed by atoms with Gasteiger partial charge in [-0.25, -0.2) is 9.69 Å². The van der Waals surface area contributed by atoms with E-state index < -0.39 is 6.09 Å². The van der Waals surface area contributed by atoms with Gasteiger partial charge in [0.05, 0.1) is 12.1 Å². The van der Waals surface area contributed by atoms with Crippen LogP contribution in [0.15, 0.2) is 54.6 Å². The summed E-state index contributed by atoms with van der Waals surface area (Å²) in [5, 5.41) is 6.70. The van der Waals surface area contributed by atoms with E-state index in [2.05, 4.69) is 37.7 Å². The van der Waals surface area contributed by atoms with Crippen molar-refractivity contribution in [1.29, 1.82) is 0 Å². The van der Waals surface area contributed by atoms with Gasteiger partial charge < -0.3 is 15.4 Å². The Kier molecular flexibility index (Phi) is 5.97. The number of nitrogens with zero attached hydrogens (tertiary/aromatic N) is 4. The number of rotatable bonds is 7. The van der Waals surface area contributed by atoms with Crippen LogP contribution >= 0.6 is 0 Å². The van der Waals surface area contributed by atoms with E-state index in [9.17, 15) is 4.79 Å². The second-order valence-corrected chi connectivity index (χ2v) is 7.49. The number of carbonyl (C=O) groups is 1. The standard InChI is InChI=1S/C23H26N6O2/c1-4-20-14-31-23(30)29(20)22-26-16(3)25-21(28-22)24-15(2)17-10-12-19(13-11-17)27-18-8-6-5-7-9-18/h5-13,15,20,27H,4,14H2,1-3H3,(H,24,25,26,28)/t15?,20-/m0/s1. The summed E-state index contributed by atoms with van der Waals surface area (Å²) >= 11 is 0. The summed E-state index contributed by atoms with van der Waals surface area (Å²) in [6.07, 6.45) is 0.344. The molecule has 1 aliphatic heterocycles. The molecule has 1 saturated heterocycles. The molecule has 3 aromatic rings. The second kappa shape index (κ2) is 8.99. The number of aryl methyl sites for hydroxylation is 1. The highest BCUT2D eigenvalue weighted by molar-refractivity contribution is 5.88. The Morgan fingerprint density at radius 3 is 2.48 bits per heavy atom. The lowest BCUT2D eigenvalue weighted by Crippen LogP contribution is -2.34. The zero-order valence-electron chi connectivity index (χ0n) is 17.9. The number of anilines is 4. The molecule has 8 nitrogen and oxygen atoms in total. The highest BCUT2D eigenvalue weighted by Gasteiger charge is 2.35. The number of hydrogen-bond acceptors (Lipinski definition) is 7. The van der Waals surface area contributed by atoms with Crippen molar-refractivity contribution >= 4 is 29.4 Å². The largest absolute Gasteiger partial charge is 0.447 e. The van der Waals surface area contributed by atoms with Crippen molar-refractivity contribution in [3.05, 3.63) is 66.0 Å². The minimum Gasteiger partial charge on any atom is -0.447 e. The second-order valence-electron chi connectivity index (χ2n) is 7.49. The van der Waals surface area contributed by atoms with Crippen LogP contribution in [0, 0.1) is 6.92 Å². The van der Waals surface area contributed by atoms with E-state index >= 15 is 0 Å². The number of para-hydroxylation sites is 1. The number of cyclic esters (lactones) is 1. The van der Waals surface area contributed by atoms with Crippen LogP contribution in [0.1, 0.15) is 37.7 Å². The Bertz CT molecular complexity index is 1040.